The molecule has 1 aromatic rings. The number of aryl methyl sites for hydroxylation is 2. The van der Waals surface area contributed by atoms with Crippen LogP contribution in [-0.2, 0) is 11.2 Å². The Morgan fingerprint density at radius 2 is 2.28 bits per heavy atom. The first kappa shape index (κ1) is 13.5. The Balaban J connectivity index is 1.56. The number of hydrogen-bond acceptors (Lipinski definition) is 4. The zero-order valence-electron chi connectivity index (χ0n) is 10.9. The van der Waals surface area contributed by atoms with Crippen LogP contribution >= 0.6 is 11.3 Å². The molecular formula is C13H21N3OS. The first-order valence-corrected chi connectivity index (χ1v) is 7.52. The van der Waals surface area contributed by atoms with Crippen LogP contribution in [0.4, 0.5) is 0 Å². The molecule has 1 amide bonds. The molecule has 1 aliphatic rings. The van der Waals surface area contributed by atoms with Gasteiger partial charge in [0.25, 0.3) is 0 Å². The van der Waals surface area contributed by atoms with Gasteiger partial charge in [0.2, 0.25) is 5.91 Å². The standard InChI is InChI=1S/C13H21N3OS/c1-11-10-18-13(15-11)5-4-6-14-12(17)9-16-7-2-3-8-16/h10H,2-9H2,1H3,(H,14,17). The van der Waals surface area contributed by atoms with Crippen molar-refractivity contribution in [3.05, 3.63) is 16.1 Å². The fourth-order valence-corrected chi connectivity index (χ4v) is 3.00. The smallest absolute Gasteiger partial charge is 0.234 e. The van der Waals surface area contributed by atoms with Gasteiger partial charge in [-0.05, 0) is 39.3 Å². The van der Waals surface area contributed by atoms with Crippen LogP contribution < -0.4 is 5.32 Å². The summed E-state index contributed by atoms with van der Waals surface area (Å²) in [4.78, 5) is 18.3. The van der Waals surface area contributed by atoms with Crippen molar-refractivity contribution in [3.8, 4) is 0 Å². The highest BCUT2D eigenvalue weighted by atomic mass is 32.1. The second kappa shape index (κ2) is 6.85. The van der Waals surface area contributed by atoms with E-state index in [0.717, 1.165) is 38.2 Å². The summed E-state index contributed by atoms with van der Waals surface area (Å²) >= 11 is 1.70. The van der Waals surface area contributed by atoms with Crippen LogP contribution in [0.25, 0.3) is 0 Å². The number of carbonyl (C=O) groups excluding carboxylic acids is 1. The molecule has 0 aliphatic carbocycles. The number of aromatic nitrogens is 1. The van der Waals surface area contributed by atoms with Gasteiger partial charge in [-0.3, -0.25) is 9.69 Å². The van der Waals surface area contributed by atoms with Crippen LogP contribution in [0.1, 0.15) is 30.0 Å². The molecule has 4 nitrogen and oxygen atoms in total. The van der Waals surface area contributed by atoms with Gasteiger partial charge >= 0.3 is 0 Å². The van der Waals surface area contributed by atoms with Gasteiger partial charge in [-0.2, -0.15) is 0 Å². The Morgan fingerprint density at radius 3 is 2.94 bits per heavy atom. The normalized spacial score (nSPS) is 16.1. The zero-order valence-corrected chi connectivity index (χ0v) is 11.8. The maximum absolute atomic E-state index is 11.6. The number of nitrogens with one attached hydrogen (secondary N) is 1. The lowest BCUT2D eigenvalue weighted by Gasteiger charge is -2.13. The van der Waals surface area contributed by atoms with Crippen LogP contribution in [0, 0.1) is 6.92 Å². The van der Waals surface area contributed by atoms with E-state index in [1.165, 1.54) is 17.8 Å². The van der Waals surface area contributed by atoms with Crippen LogP contribution in [0.2, 0.25) is 0 Å². The molecule has 2 heterocycles. The summed E-state index contributed by atoms with van der Waals surface area (Å²) in [6.45, 7) is 5.48. The first-order valence-electron chi connectivity index (χ1n) is 6.64. The van der Waals surface area contributed by atoms with E-state index >= 15 is 0 Å². The second-order valence-corrected chi connectivity index (χ2v) is 5.76. The Kier molecular flexibility index (Phi) is 5.13. The molecule has 0 unspecified atom stereocenters. The molecule has 1 fully saturated rings. The van der Waals surface area contributed by atoms with Gasteiger partial charge in [-0.15, -0.1) is 11.3 Å². The molecule has 1 N–H and O–H groups in total. The van der Waals surface area contributed by atoms with Crippen molar-refractivity contribution >= 4 is 17.2 Å². The summed E-state index contributed by atoms with van der Waals surface area (Å²) in [7, 11) is 0. The van der Waals surface area contributed by atoms with E-state index in [0.29, 0.717) is 6.54 Å². The molecule has 0 spiro atoms. The van der Waals surface area contributed by atoms with Crippen molar-refractivity contribution in [2.75, 3.05) is 26.2 Å². The molecular weight excluding hydrogens is 246 g/mol. The zero-order chi connectivity index (χ0) is 12.8. The third-order valence-corrected chi connectivity index (χ3v) is 4.15. The average Bonchev–Trinajstić information content (AvgIpc) is 2.96. The van der Waals surface area contributed by atoms with E-state index in [-0.39, 0.29) is 5.91 Å². The van der Waals surface area contributed by atoms with Crippen LogP contribution in [0.5, 0.6) is 0 Å². The lowest BCUT2D eigenvalue weighted by Crippen LogP contribution is -2.36. The molecule has 0 aromatic carbocycles. The number of carbonyl (C=O) groups is 1. The fourth-order valence-electron chi connectivity index (χ4n) is 2.18. The van der Waals surface area contributed by atoms with Gasteiger partial charge in [-0.25, -0.2) is 4.98 Å². The number of hydrogen-bond donors (Lipinski definition) is 1. The molecule has 1 aliphatic heterocycles. The molecule has 5 heteroatoms. The fraction of sp³-hybridized carbons (Fsp3) is 0.692. The van der Waals surface area contributed by atoms with E-state index in [9.17, 15) is 4.79 Å². The van der Waals surface area contributed by atoms with Crippen LogP contribution in [0.3, 0.4) is 0 Å². The maximum atomic E-state index is 11.6. The Hall–Kier alpha value is -0.940. The van der Waals surface area contributed by atoms with E-state index < -0.39 is 0 Å². The number of amides is 1. The highest BCUT2D eigenvalue weighted by molar-refractivity contribution is 7.09. The molecule has 0 radical (unpaired) electrons. The number of likely N-dealkylation sites (tertiary alicyclic amines) is 1. The van der Waals surface area contributed by atoms with Gasteiger partial charge in [0.15, 0.2) is 0 Å². The predicted octanol–water partition coefficient (Wildman–Crippen LogP) is 1.60. The van der Waals surface area contributed by atoms with Crippen molar-refractivity contribution in [2.45, 2.75) is 32.6 Å². The van der Waals surface area contributed by atoms with Crippen molar-refractivity contribution in [1.82, 2.24) is 15.2 Å². The molecule has 2 rings (SSSR count). The van der Waals surface area contributed by atoms with Gasteiger partial charge in [0.1, 0.15) is 0 Å². The van der Waals surface area contributed by atoms with Gasteiger partial charge in [0, 0.05) is 24.0 Å². The quantitative estimate of drug-likeness (QED) is 0.796. The topological polar surface area (TPSA) is 45.2 Å². The second-order valence-electron chi connectivity index (χ2n) is 4.82. The van der Waals surface area contributed by atoms with Gasteiger partial charge in [0.05, 0.1) is 11.6 Å². The Morgan fingerprint density at radius 1 is 1.50 bits per heavy atom. The van der Waals surface area contributed by atoms with E-state index in [1.807, 2.05) is 6.92 Å². The Labute approximate surface area is 112 Å². The summed E-state index contributed by atoms with van der Waals surface area (Å²) in [5, 5.41) is 6.22. The van der Waals surface area contributed by atoms with Crippen LogP contribution in [-0.4, -0.2) is 42.0 Å². The van der Waals surface area contributed by atoms with Crippen molar-refractivity contribution in [2.24, 2.45) is 0 Å². The van der Waals surface area contributed by atoms with Gasteiger partial charge < -0.3 is 5.32 Å². The maximum Gasteiger partial charge on any atom is 0.234 e. The van der Waals surface area contributed by atoms with E-state index in [2.05, 4.69) is 20.6 Å². The summed E-state index contributed by atoms with van der Waals surface area (Å²) in [5.74, 6) is 0.159. The highest BCUT2D eigenvalue weighted by Gasteiger charge is 2.14. The monoisotopic (exact) mass is 267 g/mol. The summed E-state index contributed by atoms with van der Waals surface area (Å²) < 4.78 is 0. The average molecular weight is 267 g/mol. The van der Waals surface area contributed by atoms with Crippen molar-refractivity contribution in [1.29, 1.82) is 0 Å². The summed E-state index contributed by atoms with van der Waals surface area (Å²) in [6.07, 6.45) is 4.40. The molecule has 0 atom stereocenters. The van der Waals surface area contributed by atoms with Crippen molar-refractivity contribution in [3.63, 3.8) is 0 Å². The molecule has 100 valence electrons. The first-order chi connectivity index (χ1) is 8.74. The Bertz CT molecular complexity index is 385. The highest BCUT2D eigenvalue weighted by Crippen LogP contribution is 2.10. The minimum atomic E-state index is 0.159. The largest absolute Gasteiger partial charge is 0.355 e. The minimum Gasteiger partial charge on any atom is -0.355 e. The van der Waals surface area contributed by atoms with E-state index in [4.69, 9.17) is 0 Å². The lowest BCUT2D eigenvalue weighted by molar-refractivity contribution is -0.122. The third-order valence-electron chi connectivity index (χ3n) is 3.12. The molecule has 0 saturated carbocycles. The van der Waals surface area contributed by atoms with Crippen LogP contribution in [0.15, 0.2) is 5.38 Å². The molecule has 1 saturated heterocycles. The lowest BCUT2D eigenvalue weighted by atomic mass is 10.3. The third kappa shape index (κ3) is 4.38. The number of rotatable bonds is 6. The van der Waals surface area contributed by atoms with Gasteiger partial charge in [-0.1, -0.05) is 0 Å². The minimum absolute atomic E-state index is 0.159. The summed E-state index contributed by atoms with van der Waals surface area (Å²) in [6, 6.07) is 0. The summed E-state index contributed by atoms with van der Waals surface area (Å²) in [5.41, 5.74) is 1.09. The number of nitrogens with zero attached hydrogens (tertiary/aromatic N) is 2. The van der Waals surface area contributed by atoms with Crippen molar-refractivity contribution < 1.29 is 4.79 Å². The molecule has 18 heavy (non-hydrogen) atoms. The van der Waals surface area contributed by atoms with E-state index in [1.54, 1.807) is 11.3 Å². The predicted molar refractivity (Wildman–Crippen MR) is 73.9 cm³/mol. The molecule has 1 aromatic heterocycles. The SMILES string of the molecule is Cc1csc(CCCNC(=O)CN2CCCC2)n1. The number of thiazole rings is 1. The molecule has 0 bridgehead atoms.